The van der Waals surface area contributed by atoms with Crippen molar-refractivity contribution in [2.45, 2.75) is 27.2 Å². The number of carbonyl (C=O) groups excluding carboxylic acids is 1. The minimum Gasteiger partial charge on any atom is -0.329 e. The van der Waals surface area contributed by atoms with Crippen molar-refractivity contribution >= 4 is 5.78 Å². The van der Waals surface area contributed by atoms with Crippen molar-refractivity contribution in [1.82, 2.24) is 0 Å². The molecule has 17 heavy (non-hydrogen) atoms. The van der Waals surface area contributed by atoms with Gasteiger partial charge in [-0.3, -0.25) is 4.79 Å². The van der Waals surface area contributed by atoms with Crippen LogP contribution in [0.25, 0.3) is 0 Å². The Morgan fingerprint density at radius 1 is 1.35 bits per heavy atom. The van der Waals surface area contributed by atoms with Crippen molar-refractivity contribution < 1.29 is 13.6 Å². The van der Waals surface area contributed by atoms with Gasteiger partial charge < -0.3 is 5.73 Å². The Morgan fingerprint density at radius 3 is 2.41 bits per heavy atom. The third-order valence-electron chi connectivity index (χ3n) is 3.30. The van der Waals surface area contributed by atoms with Gasteiger partial charge in [-0.2, -0.15) is 0 Å². The van der Waals surface area contributed by atoms with Crippen LogP contribution in [0.1, 0.15) is 36.2 Å². The fourth-order valence-electron chi connectivity index (χ4n) is 1.54. The van der Waals surface area contributed by atoms with E-state index in [2.05, 4.69) is 0 Å². The molecule has 1 atom stereocenters. The zero-order chi connectivity index (χ0) is 13.2. The molecule has 0 heterocycles. The van der Waals surface area contributed by atoms with E-state index in [1.807, 2.05) is 0 Å². The molecule has 0 radical (unpaired) electrons. The molecule has 2 nitrogen and oxygen atoms in total. The Bertz CT molecular complexity index is 439. The van der Waals surface area contributed by atoms with Gasteiger partial charge in [0.1, 0.15) is 0 Å². The highest BCUT2D eigenvalue weighted by Gasteiger charge is 2.33. The van der Waals surface area contributed by atoms with Crippen LogP contribution in [-0.4, -0.2) is 12.3 Å². The lowest BCUT2D eigenvalue weighted by Crippen LogP contribution is -2.35. The lowest BCUT2D eigenvalue weighted by atomic mass is 9.79. The molecular weight excluding hydrogens is 224 g/mol. The van der Waals surface area contributed by atoms with Gasteiger partial charge >= 0.3 is 0 Å². The topological polar surface area (TPSA) is 43.1 Å². The second kappa shape index (κ2) is 4.92. The third-order valence-corrected chi connectivity index (χ3v) is 3.30. The van der Waals surface area contributed by atoms with Crippen LogP contribution in [0, 0.1) is 24.0 Å². The van der Waals surface area contributed by atoms with Crippen molar-refractivity contribution in [2.24, 2.45) is 11.1 Å². The molecule has 0 amide bonds. The van der Waals surface area contributed by atoms with Gasteiger partial charge in [0, 0.05) is 12.0 Å². The van der Waals surface area contributed by atoms with Gasteiger partial charge in [0.25, 0.3) is 0 Å². The Balaban J connectivity index is 3.27. The quantitative estimate of drug-likeness (QED) is 0.824. The summed E-state index contributed by atoms with van der Waals surface area (Å²) in [6, 6.07) is 2.72. The lowest BCUT2D eigenvalue weighted by molar-refractivity contribution is 0.0814. The summed E-state index contributed by atoms with van der Waals surface area (Å²) >= 11 is 0. The number of ketones is 1. The first-order chi connectivity index (χ1) is 7.87. The summed E-state index contributed by atoms with van der Waals surface area (Å²) < 4.78 is 27.1. The minimum atomic E-state index is -1.08. The molecule has 1 rings (SSSR count). The first-order valence-corrected chi connectivity index (χ1v) is 5.57. The molecule has 0 aliphatic rings. The largest absolute Gasteiger partial charge is 0.329 e. The van der Waals surface area contributed by atoms with E-state index in [-0.39, 0.29) is 17.7 Å². The highest BCUT2D eigenvalue weighted by molar-refractivity contribution is 6.00. The van der Waals surface area contributed by atoms with E-state index in [1.165, 1.54) is 19.1 Å². The molecule has 0 spiro atoms. The number of aryl methyl sites for hydroxylation is 1. The average molecular weight is 241 g/mol. The van der Waals surface area contributed by atoms with Gasteiger partial charge in [0.2, 0.25) is 0 Å². The van der Waals surface area contributed by atoms with Crippen LogP contribution in [-0.2, 0) is 0 Å². The Kier molecular flexibility index (Phi) is 3.98. The predicted molar refractivity (Wildman–Crippen MR) is 62.9 cm³/mol. The maximum Gasteiger partial charge on any atom is 0.173 e. The van der Waals surface area contributed by atoms with E-state index < -0.39 is 22.8 Å². The number of Topliss-reactive ketones (excluding diaryl/α,β-unsaturated/α-hetero) is 1. The number of hydrogen-bond acceptors (Lipinski definition) is 2. The molecule has 2 N–H and O–H groups in total. The van der Waals surface area contributed by atoms with Crippen molar-refractivity contribution in [3.63, 3.8) is 0 Å². The number of rotatable bonds is 4. The fraction of sp³-hybridized carbons (Fsp3) is 0.462. The maximum atomic E-state index is 13.7. The third kappa shape index (κ3) is 2.36. The number of nitrogens with two attached hydrogens (primary N) is 1. The molecule has 0 fully saturated rings. The van der Waals surface area contributed by atoms with E-state index in [0.717, 1.165) is 0 Å². The summed E-state index contributed by atoms with van der Waals surface area (Å²) in [6.07, 6.45) is 0.483. The normalized spacial score (nSPS) is 14.5. The summed E-state index contributed by atoms with van der Waals surface area (Å²) in [5.74, 6) is -2.49. The van der Waals surface area contributed by atoms with E-state index in [1.54, 1.807) is 13.8 Å². The minimum absolute atomic E-state index is 0.108. The predicted octanol–water partition coefficient (Wildman–Crippen LogP) is 2.83. The van der Waals surface area contributed by atoms with Gasteiger partial charge in [-0.1, -0.05) is 19.9 Å². The smallest absolute Gasteiger partial charge is 0.173 e. The van der Waals surface area contributed by atoms with Gasteiger partial charge in [-0.05, 0) is 25.0 Å². The zero-order valence-electron chi connectivity index (χ0n) is 10.3. The molecule has 94 valence electrons. The molecule has 0 saturated carbocycles. The summed E-state index contributed by atoms with van der Waals surface area (Å²) in [5.41, 5.74) is 4.66. The Morgan fingerprint density at radius 2 is 1.94 bits per heavy atom. The summed E-state index contributed by atoms with van der Waals surface area (Å²) in [7, 11) is 0. The Labute approximate surface area is 99.8 Å². The SMILES string of the molecule is CCC(C)(CN)C(=O)c1ccc(C)c(F)c1F. The molecule has 1 unspecified atom stereocenters. The second-order valence-corrected chi connectivity index (χ2v) is 4.51. The van der Waals surface area contributed by atoms with Crippen LogP contribution in [0.2, 0.25) is 0 Å². The molecule has 0 aromatic heterocycles. The van der Waals surface area contributed by atoms with Crippen molar-refractivity contribution in [1.29, 1.82) is 0 Å². The van der Waals surface area contributed by atoms with Crippen LogP contribution in [0.3, 0.4) is 0 Å². The highest BCUT2D eigenvalue weighted by Crippen LogP contribution is 2.27. The molecule has 4 heteroatoms. The molecule has 0 aliphatic carbocycles. The van der Waals surface area contributed by atoms with Gasteiger partial charge in [0.05, 0.1) is 5.56 Å². The van der Waals surface area contributed by atoms with Crippen LogP contribution in [0.15, 0.2) is 12.1 Å². The number of halogens is 2. The number of hydrogen-bond donors (Lipinski definition) is 1. The van der Waals surface area contributed by atoms with Gasteiger partial charge in [-0.15, -0.1) is 0 Å². The summed E-state index contributed by atoms with van der Waals surface area (Å²) in [6.45, 7) is 5.02. The second-order valence-electron chi connectivity index (χ2n) is 4.51. The van der Waals surface area contributed by atoms with Crippen LogP contribution < -0.4 is 5.73 Å². The van der Waals surface area contributed by atoms with E-state index in [4.69, 9.17) is 5.73 Å². The van der Waals surface area contributed by atoms with Crippen LogP contribution in [0.4, 0.5) is 8.78 Å². The molecular formula is C13H17F2NO. The standard InChI is InChI=1S/C13H17F2NO/c1-4-13(3,7-16)12(17)9-6-5-8(2)10(14)11(9)15/h5-6H,4,7,16H2,1-3H3. The van der Waals surface area contributed by atoms with Crippen LogP contribution >= 0.6 is 0 Å². The van der Waals surface area contributed by atoms with E-state index >= 15 is 0 Å². The molecule has 1 aromatic carbocycles. The van der Waals surface area contributed by atoms with Gasteiger partial charge in [0.15, 0.2) is 17.4 Å². The highest BCUT2D eigenvalue weighted by atomic mass is 19.2. The van der Waals surface area contributed by atoms with E-state index in [0.29, 0.717) is 6.42 Å². The number of carbonyl (C=O) groups is 1. The first-order valence-electron chi connectivity index (χ1n) is 5.57. The average Bonchev–Trinajstić information content (AvgIpc) is 2.34. The molecule has 0 bridgehead atoms. The number of benzene rings is 1. The van der Waals surface area contributed by atoms with Crippen molar-refractivity contribution in [2.75, 3.05) is 6.54 Å². The lowest BCUT2D eigenvalue weighted by Gasteiger charge is -2.24. The van der Waals surface area contributed by atoms with Crippen molar-refractivity contribution in [3.05, 3.63) is 34.9 Å². The molecule has 0 saturated heterocycles. The van der Waals surface area contributed by atoms with Crippen molar-refractivity contribution in [3.8, 4) is 0 Å². The van der Waals surface area contributed by atoms with Gasteiger partial charge in [-0.25, -0.2) is 8.78 Å². The van der Waals surface area contributed by atoms with Crippen LogP contribution in [0.5, 0.6) is 0 Å². The molecule has 1 aromatic rings. The Hall–Kier alpha value is -1.29. The summed E-state index contributed by atoms with van der Waals surface area (Å²) in [4.78, 5) is 12.1. The monoisotopic (exact) mass is 241 g/mol. The van der Waals surface area contributed by atoms with E-state index in [9.17, 15) is 13.6 Å². The maximum absolute atomic E-state index is 13.7. The first kappa shape index (κ1) is 13.8. The zero-order valence-corrected chi connectivity index (χ0v) is 10.3. The summed E-state index contributed by atoms with van der Waals surface area (Å²) in [5, 5.41) is 0. The fourth-order valence-corrected chi connectivity index (χ4v) is 1.54. The molecule has 0 aliphatic heterocycles.